The zero-order valence-corrected chi connectivity index (χ0v) is 14.1. The number of likely N-dealkylation sites (tertiary alicyclic amines) is 1. The number of pyridine rings is 1. The Hall–Kier alpha value is -1.99. The first-order valence-corrected chi connectivity index (χ1v) is 8.29. The smallest absolute Gasteiger partial charge is 0.418 e. The summed E-state index contributed by atoms with van der Waals surface area (Å²) in [5, 5.41) is 8.98. The molecular formula is C17H21F3N2O3. The van der Waals surface area contributed by atoms with E-state index in [2.05, 4.69) is 4.98 Å². The van der Waals surface area contributed by atoms with E-state index in [1.54, 1.807) is 0 Å². The molecule has 1 saturated carbocycles. The Morgan fingerprint density at radius 2 is 2.08 bits per heavy atom. The van der Waals surface area contributed by atoms with Crippen LogP contribution < -0.4 is 4.74 Å². The molecule has 1 saturated heterocycles. The average molecular weight is 358 g/mol. The minimum absolute atomic E-state index is 0.0289. The Labute approximate surface area is 143 Å². The maximum Gasteiger partial charge on any atom is 0.418 e. The number of halogens is 3. The second-order valence-corrected chi connectivity index (χ2v) is 7.30. The molecule has 2 heterocycles. The molecule has 138 valence electrons. The van der Waals surface area contributed by atoms with E-state index in [1.807, 2.05) is 6.92 Å². The lowest BCUT2D eigenvalue weighted by molar-refractivity contribution is -0.138. The molecule has 2 atom stereocenters. The number of aryl methyl sites for hydroxylation is 1. The predicted octanol–water partition coefficient (Wildman–Crippen LogP) is 3.96. The highest BCUT2D eigenvalue weighted by molar-refractivity contribution is 5.66. The normalized spacial score (nSPS) is 25.6. The van der Waals surface area contributed by atoms with Gasteiger partial charge in [0.05, 0.1) is 11.3 Å². The van der Waals surface area contributed by atoms with Crippen molar-refractivity contribution in [2.24, 2.45) is 11.3 Å². The van der Waals surface area contributed by atoms with Crippen molar-refractivity contribution in [3.05, 3.63) is 23.4 Å². The van der Waals surface area contributed by atoms with Crippen LogP contribution in [0.5, 0.6) is 5.88 Å². The van der Waals surface area contributed by atoms with Gasteiger partial charge >= 0.3 is 12.3 Å². The van der Waals surface area contributed by atoms with Crippen LogP contribution in [-0.2, 0) is 6.18 Å². The second-order valence-electron chi connectivity index (χ2n) is 7.30. The van der Waals surface area contributed by atoms with E-state index in [-0.39, 0.29) is 29.0 Å². The minimum Gasteiger partial charge on any atom is -0.474 e. The van der Waals surface area contributed by atoms with Crippen LogP contribution in [0.4, 0.5) is 18.0 Å². The molecule has 1 amide bonds. The molecule has 1 spiro atoms. The number of hydrogen-bond acceptors (Lipinski definition) is 3. The van der Waals surface area contributed by atoms with Gasteiger partial charge in [-0.25, -0.2) is 9.78 Å². The zero-order chi connectivity index (χ0) is 18.4. The van der Waals surface area contributed by atoms with Crippen molar-refractivity contribution in [1.29, 1.82) is 0 Å². The molecule has 25 heavy (non-hydrogen) atoms. The Kier molecular flexibility index (Phi) is 4.33. The Bertz CT molecular complexity index is 672. The maximum atomic E-state index is 12.8. The molecule has 2 aliphatic rings. The van der Waals surface area contributed by atoms with Crippen LogP contribution in [0.1, 0.15) is 37.4 Å². The lowest BCUT2D eigenvalue weighted by atomic mass is 9.64. The van der Waals surface area contributed by atoms with Gasteiger partial charge in [0.1, 0.15) is 6.10 Å². The Morgan fingerprint density at radius 3 is 2.60 bits per heavy atom. The lowest BCUT2D eigenvalue weighted by Crippen LogP contribution is -2.61. The fourth-order valence-electron chi connectivity index (χ4n) is 4.07. The van der Waals surface area contributed by atoms with Gasteiger partial charge in [-0.3, -0.25) is 0 Å². The number of ether oxygens (including phenoxy) is 1. The molecule has 1 N–H and O–H groups in total. The first-order valence-electron chi connectivity index (χ1n) is 8.29. The van der Waals surface area contributed by atoms with Gasteiger partial charge in [-0.05, 0) is 38.2 Å². The lowest BCUT2D eigenvalue weighted by Gasteiger charge is -2.53. The number of carbonyl (C=O) groups is 1. The number of rotatable bonds is 2. The van der Waals surface area contributed by atoms with Crippen molar-refractivity contribution in [1.82, 2.24) is 9.88 Å². The van der Waals surface area contributed by atoms with Gasteiger partial charge in [-0.15, -0.1) is 0 Å². The van der Waals surface area contributed by atoms with Gasteiger partial charge < -0.3 is 14.7 Å². The molecule has 5 nitrogen and oxygen atoms in total. The van der Waals surface area contributed by atoms with Crippen LogP contribution in [0.15, 0.2) is 12.1 Å². The molecular weight excluding hydrogens is 337 g/mol. The molecule has 0 bridgehead atoms. The number of hydrogen-bond donors (Lipinski definition) is 1. The Morgan fingerprint density at radius 1 is 1.40 bits per heavy atom. The summed E-state index contributed by atoms with van der Waals surface area (Å²) in [4.78, 5) is 16.3. The van der Waals surface area contributed by atoms with Crippen LogP contribution in [-0.4, -0.2) is 40.3 Å². The second kappa shape index (κ2) is 6.07. The van der Waals surface area contributed by atoms with E-state index >= 15 is 0 Å². The van der Waals surface area contributed by atoms with Crippen molar-refractivity contribution < 1.29 is 27.8 Å². The van der Waals surface area contributed by atoms with Crippen LogP contribution in [0.3, 0.4) is 0 Å². The molecule has 2 unspecified atom stereocenters. The molecule has 0 radical (unpaired) electrons. The van der Waals surface area contributed by atoms with Gasteiger partial charge in [0.2, 0.25) is 5.88 Å². The molecule has 3 rings (SSSR count). The van der Waals surface area contributed by atoms with Crippen LogP contribution >= 0.6 is 0 Å². The molecule has 1 aliphatic carbocycles. The average Bonchev–Trinajstić information content (AvgIpc) is 2.45. The molecule has 1 aliphatic heterocycles. The standard InChI is InChI=1S/C17H21F3N2O3/c1-10-7-16(8-22(9-16)15(23)24)6-5-13(10)25-14-4-3-12(11(2)21-14)17(18,19)20/h3-4,10,13H,5-9H2,1-2H3,(H,23,24). The van der Waals surface area contributed by atoms with E-state index in [1.165, 1.54) is 17.9 Å². The summed E-state index contributed by atoms with van der Waals surface area (Å²) < 4.78 is 44.2. The van der Waals surface area contributed by atoms with Crippen LogP contribution in [0, 0.1) is 18.3 Å². The third kappa shape index (κ3) is 3.52. The predicted molar refractivity (Wildman–Crippen MR) is 83.4 cm³/mol. The molecule has 1 aromatic heterocycles. The molecule has 0 aromatic carbocycles. The number of nitrogens with zero attached hydrogens (tertiary/aromatic N) is 2. The van der Waals surface area contributed by atoms with E-state index < -0.39 is 17.8 Å². The summed E-state index contributed by atoms with van der Waals surface area (Å²) in [7, 11) is 0. The highest BCUT2D eigenvalue weighted by Crippen LogP contribution is 2.46. The van der Waals surface area contributed by atoms with Gasteiger partial charge in [0.25, 0.3) is 0 Å². The number of aromatic nitrogens is 1. The van der Waals surface area contributed by atoms with Crippen LogP contribution in [0.2, 0.25) is 0 Å². The number of carboxylic acid groups (broad SMARTS) is 1. The van der Waals surface area contributed by atoms with Crippen molar-refractivity contribution in [2.45, 2.75) is 45.4 Å². The summed E-state index contributed by atoms with van der Waals surface area (Å²) in [5.74, 6) is 0.396. The van der Waals surface area contributed by atoms with E-state index in [9.17, 15) is 18.0 Å². The quantitative estimate of drug-likeness (QED) is 0.869. The largest absolute Gasteiger partial charge is 0.474 e. The van der Waals surface area contributed by atoms with E-state index in [0.29, 0.717) is 13.1 Å². The molecule has 8 heteroatoms. The Balaban J connectivity index is 1.62. The summed E-state index contributed by atoms with van der Waals surface area (Å²) in [6.45, 7) is 4.46. The molecule has 2 fully saturated rings. The van der Waals surface area contributed by atoms with Gasteiger partial charge in [-0.1, -0.05) is 6.92 Å². The topological polar surface area (TPSA) is 62.7 Å². The van der Waals surface area contributed by atoms with Crippen molar-refractivity contribution in [2.75, 3.05) is 13.1 Å². The van der Waals surface area contributed by atoms with E-state index in [0.717, 1.165) is 25.3 Å². The molecule has 1 aromatic rings. The van der Waals surface area contributed by atoms with Crippen molar-refractivity contribution in [3.8, 4) is 5.88 Å². The van der Waals surface area contributed by atoms with E-state index in [4.69, 9.17) is 9.84 Å². The highest BCUT2D eigenvalue weighted by atomic mass is 19.4. The SMILES string of the molecule is Cc1nc(OC2CCC3(CC2C)CN(C(=O)O)C3)ccc1C(F)(F)F. The van der Waals surface area contributed by atoms with Gasteiger partial charge in [-0.2, -0.15) is 13.2 Å². The minimum atomic E-state index is -4.42. The summed E-state index contributed by atoms with van der Waals surface area (Å²) in [6.07, 6.45) is -2.97. The third-order valence-electron chi connectivity index (χ3n) is 5.31. The zero-order valence-electron chi connectivity index (χ0n) is 14.1. The van der Waals surface area contributed by atoms with Gasteiger partial charge in [0.15, 0.2) is 0 Å². The first kappa shape index (κ1) is 17.8. The summed E-state index contributed by atoms with van der Waals surface area (Å²) >= 11 is 0. The van der Waals surface area contributed by atoms with Crippen LogP contribution in [0.25, 0.3) is 0 Å². The first-order chi connectivity index (χ1) is 11.6. The fraction of sp³-hybridized carbons (Fsp3) is 0.647. The summed E-state index contributed by atoms with van der Waals surface area (Å²) in [6, 6.07) is 2.27. The summed E-state index contributed by atoms with van der Waals surface area (Å²) in [5.41, 5.74) is -0.819. The highest BCUT2D eigenvalue weighted by Gasteiger charge is 2.49. The monoisotopic (exact) mass is 358 g/mol. The number of alkyl halides is 3. The van der Waals surface area contributed by atoms with Crippen molar-refractivity contribution >= 4 is 6.09 Å². The number of amides is 1. The maximum absolute atomic E-state index is 12.8. The fourth-order valence-corrected chi connectivity index (χ4v) is 4.07. The van der Waals surface area contributed by atoms with Gasteiger partial charge in [0, 0.05) is 24.6 Å². The third-order valence-corrected chi connectivity index (χ3v) is 5.31. The van der Waals surface area contributed by atoms with Crippen molar-refractivity contribution in [3.63, 3.8) is 0 Å².